The van der Waals surface area contributed by atoms with E-state index in [1.54, 1.807) is 0 Å². The molecule has 0 saturated carbocycles. The van der Waals surface area contributed by atoms with Gasteiger partial charge in [0.2, 0.25) is 0 Å². The van der Waals surface area contributed by atoms with Gasteiger partial charge in [-0.25, -0.2) is 9.98 Å². The molecule has 4 aromatic rings. The van der Waals surface area contributed by atoms with Gasteiger partial charge in [0.05, 0.1) is 0 Å². The Morgan fingerprint density at radius 3 is 2.57 bits per heavy atom. The number of hydrogen-bond donors (Lipinski definition) is 1. The van der Waals surface area contributed by atoms with Crippen molar-refractivity contribution in [2.75, 3.05) is 0 Å². The second kappa shape index (κ2) is 12.7. The van der Waals surface area contributed by atoms with Crippen molar-refractivity contribution in [3.05, 3.63) is 191 Å². The number of ether oxygens (including phenoxy) is 1. The molecule has 1 aromatic heterocycles. The third kappa shape index (κ3) is 5.02. The molecule has 0 fully saturated rings. The standard InChI is InChI=1S/C50H37N3O2S/c1-2-14-35-40(19-3-1)55-47-33(32-17-10-21-41-44(32)34-15-6-8-20-39(34)54-41)26-27-38(46(35)47)50-52-48(31-25-24-29-12-4-5-13-30(29)28-31)51-49(53-50)37-18-11-23-43-45(37)36-16-7-9-22-42(36)56-43/h2-30,34,39,43,45,50H,1H2,(H,51,52,53). The number of aliphatic imine (C=N–C) groups is 2. The van der Waals surface area contributed by atoms with Crippen LogP contribution in [0.1, 0.15) is 52.4 Å². The second-order valence-corrected chi connectivity index (χ2v) is 16.6. The topological polar surface area (TPSA) is 59.1 Å². The largest absolute Gasteiger partial charge is 0.485 e. The molecular weight excluding hydrogens is 707 g/mol. The van der Waals surface area contributed by atoms with Crippen molar-refractivity contribution in [1.82, 2.24) is 5.32 Å². The minimum absolute atomic E-state index is 0.00679. The molecule has 0 radical (unpaired) electrons. The summed E-state index contributed by atoms with van der Waals surface area (Å²) in [6.07, 6.45) is 40.2. The summed E-state index contributed by atoms with van der Waals surface area (Å²) in [5.74, 6) is 4.46. The molecule has 12 rings (SSSR count). The van der Waals surface area contributed by atoms with Crippen molar-refractivity contribution < 1.29 is 9.15 Å². The van der Waals surface area contributed by atoms with Gasteiger partial charge < -0.3 is 14.5 Å². The highest BCUT2D eigenvalue weighted by atomic mass is 32.2. The Morgan fingerprint density at radius 2 is 1.59 bits per heavy atom. The van der Waals surface area contributed by atoms with Gasteiger partial charge in [-0.3, -0.25) is 0 Å². The number of nitrogens with one attached hydrogen (secondary N) is 1. The molecule has 1 N–H and O–H groups in total. The van der Waals surface area contributed by atoms with Gasteiger partial charge in [-0.15, -0.1) is 11.8 Å². The maximum atomic E-state index is 6.94. The summed E-state index contributed by atoms with van der Waals surface area (Å²) >= 11 is 1.94. The normalized spacial score (nSPS) is 28.2. The van der Waals surface area contributed by atoms with Crippen LogP contribution in [0, 0.1) is 11.8 Å². The van der Waals surface area contributed by atoms with Crippen molar-refractivity contribution in [3.8, 4) is 16.9 Å². The van der Waals surface area contributed by atoms with Crippen LogP contribution in [0.3, 0.4) is 0 Å². The van der Waals surface area contributed by atoms with E-state index in [9.17, 15) is 0 Å². The van der Waals surface area contributed by atoms with Crippen LogP contribution in [0.15, 0.2) is 182 Å². The van der Waals surface area contributed by atoms with Crippen LogP contribution in [0.4, 0.5) is 0 Å². The lowest BCUT2D eigenvalue weighted by Gasteiger charge is -2.30. The molecule has 0 saturated heterocycles. The van der Waals surface area contributed by atoms with Gasteiger partial charge >= 0.3 is 0 Å². The van der Waals surface area contributed by atoms with Gasteiger partial charge in [0.25, 0.3) is 0 Å². The number of allylic oxidation sites excluding steroid dienone is 12. The Kier molecular flexibility index (Phi) is 7.31. The molecule has 3 aliphatic heterocycles. The third-order valence-electron chi connectivity index (χ3n) is 12.2. The molecule has 3 aromatic carbocycles. The predicted molar refractivity (Wildman–Crippen MR) is 229 cm³/mol. The number of benzene rings is 3. The Bertz CT molecular complexity index is 2760. The zero-order valence-corrected chi connectivity index (χ0v) is 31.3. The summed E-state index contributed by atoms with van der Waals surface area (Å²) in [6, 6.07) is 19.7. The Morgan fingerprint density at radius 1 is 0.714 bits per heavy atom. The van der Waals surface area contributed by atoms with Crippen molar-refractivity contribution in [3.63, 3.8) is 0 Å². The molecule has 0 spiro atoms. The highest BCUT2D eigenvalue weighted by Gasteiger charge is 2.40. The van der Waals surface area contributed by atoms with E-state index in [4.69, 9.17) is 19.1 Å². The lowest BCUT2D eigenvalue weighted by molar-refractivity contribution is 0.269. The Hall–Kier alpha value is -6.11. The van der Waals surface area contributed by atoms with Gasteiger partial charge in [-0.05, 0) is 41.8 Å². The summed E-state index contributed by atoms with van der Waals surface area (Å²) in [4.78, 5) is 12.4. The number of rotatable bonds is 4. The number of thioether (sulfide) groups is 1. The smallest absolute Gasteiger partial charge is 0.170 e. The van der Waals surface area contributed by atoms with Gasteiger partial charge in [0.1, 0.15) is 34.9 Å². The average molecular weight is 744 g/mol. The van der Waals surface area contributed by atoms with E-state index in [-0.39, 0.29) is 23.9 Å². The molecule has 0 amide bonds. The Balaban J connectivity index is 1.05. The summed E-state index contributed by atoms with van der Waals surface area (Å²) < 4.78 is 13.4. The first-order chi connectivity index (χ1) is 27.7. The summed E-state index contributed by atoms with van der Waals surface area (Å²) in [7, 11) is 0. The lowest BCUT2D eigenvalue weighted by atomic mass is 9.82. The van der Waals surface area contributed by atoms with E-state index in [0.717, 1.165) is 68.4 Å². The lowest BCUT2D eigenvalue weighted by Crippen LogP contribution is -2.39. The highest BCUT2D eigenvalue weighted by molar-refractivity contribution is 8.00. The Labute approximate surface area is 330 Å². The molecule has 270 valence electrons. The van der Waals surface area contributed by atoms with Crippen molar-refractivity contribution in [1.29, 1.82) is 0 Å². The van der Waals surface area contributed by atoms with Crippen LogP contribution in [-0.2, 0) is 0 Å². The summed E-state index contributed by atoms with van der Waals surface area (Å²) in [6.45, 7) is 0. The molecule has 5 nitrogen and oxygen atoms in total. The van der Waals surface area contributed by atoms with Crippen LogP contribution in [-0.4, -0.2) is 23.0 Å². The molecule has 6 heteroatoms. The molecule has 5 aliphatic carbocycles. The fourth-order valence-electron chi connectivity index (χ4n) is 9.61. The monoisotopic (exact) mass is 743 g/mol. The molecule has 8 aliphatic rings. The van der Waals surface area contributed by atoms with Crippen molar-refractivity contribution in [2.24, 2.45) is 21.8 Å². The van der Waals surface area contributed by atoms with Crippen LogP contribution in [0.5, 0.6) is 5.75 Å². The number of nitrogens with zero attached hydrogens (tertiary/aromatic N) is 2. The number of amidine groups is 2. The molecule has 4 heterocycles. The first-order valence-corrected chi connectivity index (χ1v) is 20.5. The summed E-state index contributed by atoms with van der Waals surface area (Å²) in [5, 5.41) is 5.15. The molecule has 7 unspecified atom stereocenters. The minimum atomic E-state index is -0.510. The fourth-order valence-corrected chi connectivity index (χ4v) is 11.0. The van der Waals surface area contributed by atoms with Gasteiger partial charge in [0.15, 0.2) is 6.17 Å². The fraction of sp³-hybridized carbons (Fsp3) is 0.160. The zero-order chi connectivity index (χ0) is 36.7. The average Bonchev–Trinajstić information content (AvgIpc) is 3.89. The van der Waals surface area contributed by atoms with Crippen LogP contribution >= 0.6 is 11.8 Å². The van der Waals surface area contributed by atoms with E-state index in [1.807, 2.05) is 11.8 Å². The number of furan rings is 1. The van der Waals surface area contributed by atoms with E-state index in [0.29, 0.717) is 11.2 Å². The van der Waals surface area contributed by atoms with Crippen LogP contribution in [0.25, 0.3) is 34.2 Å². The minimum Gasteiger partial charge on any atom is -0.485 e. The molecule has 7 atom stereocenters. The highest BCUT2D eigenvalue weighted by Crippen LogP contribution is 2.52. The molecular formula is C50H37N3O2S. The van der Waals surface area contributed by atoms with Crippen LogP contribution in [0.2, 0.25) is 0 Å². The number of hydrogen-bond acceptors (Lipinski definition) is 6. The SMILES string of the molecule is C1=CC2C=CC(C3=NC(c4ccc(-c5cccc6c5C5C=CC=CC5O6)c5oc6c(c45)C=CCC=C6)N=C(C4=CC=CC5Sc6ccccc6C45)N3)=CC2C=C1. The molecule has 0 bridgehead atoms. The maximum Gasteiger partial charge on any atom is 0.170 e. The second-order valence-electron chi connectivity index (χ2n) is 15.4. The van der Waals surface area contributed by atoms with E-state index in [2.05, 4.69) is 169 Å². The quantitative estimate of drug-likeness (QED) is 0.226. The molecule has 56 heavy (non-hydrogen) atoms. The van der Waals surface area contributed by atoms with Crippen molar-refractivity contribution in [2.45, 2.75) is 40.7 Å². The predicted octanol–water partition coefficient (Wildman–Crippen LogP) is 11.5. The third-order valence-corrected chi connectivity index (χ3v) is 13.5. The maximum absolute atomic E-state index is 6.94. The van der Waals surface area contributed by atoms with Gasteiger partial charge in [-0.1, -0.05) is 140 Å². The first kappa shape index (κ1) is 32.2. The first-order valence-electron chi connectivity index (χ1n) is 19.6. The van der Waals surface area contributed by atoms with Gasteiger partial charge in [-0.2, -0.15) is 0 Å². The van der Waals surface area contributed by atoms with E-state index >= 15 is 0 Å². The van der Waals surface area contributed by atoms with Gasteiger partial charge in [0, 0.05) is 72.6 Å². The zero-order valence-electron chi connectivity index (χ0n) is 30.5. The number of fused-ring (bicyclic) bond motifs is 10. The summed E-state index contributed by atoms with van der Waals surface area (Å²) in [5.41, 5.74) is 9.96. The van der Waals surface area contributed by atoms with Crippen molar-refractivity contribution >= 4 is 46.6 Å². The van der Waals surface area contributed by atoms with Crippen LogP contribution < -0.4 is 10.1 Å². The van der Waals surface area contributed by atoms with E-state index < -0.39 is 6.17 Å². The van der Waals surface area contributed by atoms with E-state index in [1.165, 1.54) is 21.6 Å².